The lowest BCUT2D eigenvalue weighted by Crippen LogP contribution is -2.30. The van der Waals surface area contributed by atoms with Crippen LogP contribution in [-0.2, 0) is 0 Å². The number of benzene rings is 1. The molecule has 1 rings (SSSR count). The Morgan fingerprint density at radius 2 is 1.95 bits per heavy atom. The number of carbonyl (C=O) groups excluding carboxylic acids is 1. The van der Waals surface area contributed by atoms with Crippen molar-refractivity contribution >= 4 is 29.3 Å². The minimum absolute atomic E-state index is 0.0536. The van der Waals surface area contributed by atoms with E-state index in [1.54, 1.807) is 0 Å². The molecular weight excluding hydrogens is 282 g/mol. The number of carboxylic acids is 1. The Morgan fingerprint density at radius 1 is 1.32 bits per heavy atom. The maximum atomic E-state index is 13.3. The van der Waals surface area contributed by atoms with E-state index in [0.29, 0.717) is 12.1 Å². The first-order valence-electron chi connectivity index (χ1n) is 4.91. The second-order valence-corrected chi connectivity index (χ2v) is 3.98. The average molecular weight is 291 g/mol. The normalized spacial score (nSPS) is 9.84. The van der Waals surface area contributed by atoms with Crippen LogP contribution in [0.15, 0.2) is 23.7 Å². The summed E-state index contributed by atoms with van der Waals surface area (Å²) < 4.78 is 26.4. The largest absolute Gasteiger partial charge is 0.478 e. The van der Waals surface area contributed by atoms with Crippen LogP contribution in [-0.4, -0.2) is 23.7 Å². The highest BCUT2D eigenvalue weighted by atomic mass is 35.5. The molecule has 0 saturated heterocycles. The van der Waals surface area contributed by atoms with Gasteiger partial charge in [0.25, 0.3) is 0 Å². The smallest absolute Gasteiger partial charge is 0.338 e. The van der Waals surface area contributed by atoms with E-state index in [-0.39, 0.29) is 11.6 Å². The van der Waals surface area contributed by atoms with Crippen molar-refractivity contribution in [3.63, 3.8) is 0 Å². The number of hydrogen-bond donors (Lipinski definition) is 3. The van der Waals surface area contributed by atoms with Crippen molar-refractivity contribution in [3.05, 3.63) is 40.9 Å². The summed E-state index contributed by atoms with van der Waals surface area (Å²) in [4.78, 5) is 22.0. The molecule has 0 aliphatic heterocycles. The maximum absolute atomic E-state index is 13.3. The number of hydrogen-bond acceptors (Lipinski definition) is 2. The van der Waals surface area contributed by atoms with Crippen molar-refractivity contribution in [2.24, 2.45) is 0 Å². The second kappa shape index (κ2) is 6.14. The van der Waals surface area contributed by atoms with Gasteiger partial charge in [-0.05, 0) is 6.07 Å². The molecule has 0 heterocycles. The van der Waals surface area contributed by atoms with Crippen molar-refractivity contribution in [1.82, 2.24) is 5.32 Å². The molecule has 8 heteroatoms. The minimum Gasteiger partial charge on any atom is -0.478 e. The number of anilines is 1. The number of aromatic carboxylic acids is 1. The Hall–Kier alpha value is -2.15. The van der Waals surface area contributed by atoms with E-state index in [0.717, 1.165) is 0 Å². The second-order valence-electron chi connectivity index (χ2n) is 3.44. The monoisotopic (exact) mass is 290 g/mol. The van der Waals surface area contributed by atoms with E-state index in [1.807, 2.05) is 5.32 Å². The number of amides is 2. The van der Waals surface area contributed by atoms with E-state index in [2.05, 4.69) is 11.9 Å². The van der Waals surface area contributed by atoms with Crippen molar-refractivity contribution < 1.29 is 23.5 Å². The fourth-order valence-electron chi connectivity index (χ4n) is 1.15. The molecule has 0 unspecified atom stereocenters. The summed E-state index contributed by atoms with van der Waals surface area (Å²) in [6.45, 7) is 3.27. The number of nitrogens with one attached hydrogen (secondary N) is 2. The van der Waals surface area contributed by atoms with Crippen molar-refractivity contribution in [2.75, 3.05) is 11.9 Å². The van der Waals surface area contributed by atoms with E-state index in [9.17, 15) is 18.4 Å². The highest BCUT2D eigenvalue weighted by Crippen LogP contribution is 2.19. The van der Waals surface area contributed by atoms with Crippen LogP contribution in [0.2, 0.25) is 0 Å². The molecule has 3 N–H and O–H groups in total. The van der Waals surface area contributed by atoms with E-state index in [4.69, 9.17) is 16.7 Å². The molecule has 19 heavy (non-hydrogen) atoms. The molecular formula is C11H9ClF2N2O3. The van der Waals surface area contributed by atoms with Gasteiger partial charge in [-0.3, -0.25) is 0 Å². The van der Waals surface area contributed by atoms with Gasteiger partial charge in [0.15, 0.2) is 0 Å². The summed E-state index contributed by atoms with van der Waals surface area (Å²) in [5, 5.41) is 13.1. The Balaban J connectivity index is 2.89. The van der Waals surface area contributed by atoms with Crippen molar-refractivity contribution in [2.45, 2.75) is 0 Å². The molecule has 0 spiro atoms. The lowest BCUT2D eigenvalue weighted by molar-refractivity contribution is 0.0692. The number of carbonyl (C=O) groups is 2. The lowest BCUT2D eigenvalue weighted by atomic mass is 10.2. The first-order chi connectivity index (χ1) is 8.81. The Kier molecular flexibility index (Phi) is 4.82. The maximum Gasteiger partial charge on any atom is 0.338 e. The van der Waals surface area contributed by atoms with Crippen LogP contribution in [0.3, 0.4) is 0 Å². The zero-order valence-corrected chi connectivity index (χ0v) is 10.2. The molecule has 0 aliphatic rings. The highest BCUT2D eigenvalue weighted by molar-refractivity contribution is 6.29. The molecule has 1 aromatic carbocycles. The SMILES string of the molecule is C=C(Cl)CNC(=O)Nc1cc(C(=O)O)c(F)cc1F. The highest BCUT2D eigenvalue weighted by Gasteiger charge is 2.16. The summed E-state index contributed by atoms with van der Waals surface area (Å²) >= 11 is 5.41. The molecule has 2 amide bonds. The average Bonchev–Trinajstić information content (AvgIpc) is 2.29. The number of carboxylic acid groups (broad SMARTS) is 1. The van der Waals surface area contributed by atoms with Gasteiger partial charge in [0.2, 0.25) is 0 Å². The van der Waals surface area contributed by atoms with Crippen LogP contribution in [0.5, 0.6) is 0 Å². The molecule has 0 saturated carbocycles. The zero-order valence-electron chi connectivity index (χ0n) is 9.47. The van der Waals surface area contributed by atoms with Crippen LogP contribution >= 0.6 is 11.6 Å². The van der Waals surface area contributed by atoms with Crippen LogP contribution < -0.4 is 10.6 Å². The predicted octanol–water partition coefficient (Wildman–Crippen LogP) is 2.54. The number of urea groups is 1. The summed E-state index contributed by atoms with van der Waals surface area (Å²) in [7, 11) is 0. The van der Waals surface area contributed by atoms with Gasteiger partial charge < -0.3 is 15.7 Å². The van der Waals surface area contributed by atoms with Gasteiger partial charge >= 0.3 is 12.0 Å². The summed E-state index contributed by atoms with van der Waals surface area (Å²) in [5.41, 5.74) is -1.21. The van der Waals surface area contributed by atoms with Gasteiger partial charge in [-0.2, -0.15) is 0 Å². The number of rotatable bonds is 4. The molecule has 0 radical (unpaired) electrons. The Labute approximate surface area is 111 Å². The van der Waals surface area contributed by atoms with Gasteiger partial charge in [0, 0.05) is 11.1 Å². The van der Waals surface area contributed by atoms with Gasteiger partial charge in [-0.15, -0.1) is 0 Å². The molecule has 0 fully saturated rings. The van der Waals surface area contributed by atoms with Crippen LogP contribution in [0.4, 0.5) is 19.3 Å². The zero-order chi connectivity index (χ0) is 14.6. The Bertz CT molecular complexity index is 549. The molecule has 102 valence electrons. The molecule has 0 atom stereocenters. The van der Waals surface area contributed by atoms with Crippen LogP contribution in [0.1, 0.15) is 10.4 Å². The summed E-state index contributed by atoms with van der Waals surface area (Å²) in [6.07, 6.45) is 0. The standard InChI is InChI=1S/C11H9ClF2N2O3/c1-5(12)4-15-11(19)16-9-2-6(10(17)18)7(13)3-8(9)14/h2-3H,1,4H2,(H,17,18)(H2,15,16,19). The van der Waals surface area contributed by atoms with Crippen LogP contribution in [0, 0.1) is 11.6 Å². The van der Waals surface area contributed by atoms with E-state index >= 15 is 0 Å². The third-order valence-corrected chi connectivity index (χ3v) is 2.11. The first kappa shape index (κ1) is 14.9. The van der Waals surface area contributed by atoms with Crippen LogP contribution in [0.25, 0.3) is 0 Å². The first-order valence-corrected chi connectivity index (χ1v) is 5.29. The lowest BCUT2D eigenvalue weighted by Gasteiger charge is -2.09. The van der Waals surface area contributed by atoms with Gasteiger partial charge in [0.1, 0.15) is 11.6 Å². The van der Waals surface area contributed by atoms with E-state index < -0.39 is 34.9 Å². The quantitative estimate of drug-likeness (QED) is 0.797. The summed E-state index contributed by atoms with van der Waals surface area (Å²) in [5.74, 6) is -3.90. The van der Waals surface area contributed by atoms with Crippen molar-refractivity contribution in [1.29, 1.82) is 0 Å². The fourth-order valence-corrected chi connectivity index (χ4v) is 1.22. The van der Waals surface area contributed by atoms with Gasteiger partial charge in [-0.1, -0.05) is 18.2 Å². The molecule has 0 aliphatic carbocycles. The van der Waals surface area contributed by atoms with E-state index in [1.165, 1.54) is 0 Å². The molecule has 1 aromatic rings. The van der Waals surface area contributed by atoms with Gasteiger partial charge in [-0.25, -0.2) is 18.4 Å². The topological polar surface area (TPSA) is 78.4 Å². The van der Waals surface area contributed by atoms with Crippen molar-refractivity contribution in [3.8, 4) is 0 Å². The number of halogens is 3. The minimum atomic E-state index is -1.57. The summed E-state index contributed by atoms with van der Waals surface area (Å²) in [6, 6.07) is 0.227. The molecule has 0 aromatic heterocycles. The molecule has 0 bridgehead atoms. The third-order valence-electron chi connectivity index (χ3n) is 1.98. The fraction of sp³-hybridized carbons (Fsp3) is 0.0909. The Morgan fingerprint density at radius 3 is 2.47 bits per heavy atom. The van der Waals surface area contributed by atoms with Gasteiger partial charge in [0.05, 0.1) is 17.8 Å². The molecule has 5 nitrogen and oxygen atoms in total. The predicted molar refractivity (Wildman–Crippen MR) is 65.3 cm³/mol. The third kappa shape index (κ3) is 4.22.